The average molecular weight is 363 g/mol. The number of fused-ring (bicyclic) bond motifs is 2. The summed E-state index contributed by atoms with van der Waals surface area (Å²) in [6.45, 7) is 0. The lowest BCUT2D eigenvalue weighted by atomic mass is 9.66. The Balaban J connectivity index is 1.82. The summed E-state index contributed by atoms with van der Waals surface area (Å²) in [4.78, 5) is 16.0. The van der Waals surface area contributed by atoms with Crippen LogP contribution in [0.4, 0.5) is 11.5 Å². The second-order valence-corrected chi connectivity index (χ2v) is 7.36. The van der Waals surface area contributed by atoms with Gasteiger partial charge in [-0.3, -0.25) is 0 Å². The Hall–Kier alpha value is -1.78. The molecular weight excluding hydrogens is 347 g/mol. The van der Waals surface area contributed by atoms with Crippen LogP contribution in [0.25, 0.3) is 0 Å². The molecule has 2 bridgehead atoms. The lowest BCUT2D eigenvalue weighted by Crippen LogP contribution is -2.26. The number of carbonyl (C=O) groups is 1. The molecule has 0 atom stereocenters. The molecule has 1 aromatic carbocycles. The van der Waals surface area contributed by atoms with E-state index < -0.39 is 5.97 Å². The highest BCUT2D eigenvalue weighted by Crippen LogP contribution is 2.52. The molecule has 1 fully saturated rings. The minimum Gasteiger partial charge on any atom is -0.478 e. The van der Waals surface area contributed by atoms with Crippen LogP contribution in [-0.2, 0) is 0 Å². The number of anilines is 2. The Morgan fingerprint density at radius 3 is 2.21 bits per heavy atom. The maximum absolute atomic E-state index is 11.6. The van der Waals surface area contributed by atoms with Crippen molar-refractivity contribution in [1.82, 2.24) is 4.98 Å². The molecule has 2 aromatic rings. The Morgan fingerprint density at radius 1 is 1.04 bits per heavy atom. The van der Waals surface area contributed by atoms with E-state index >= 15 is 0 Å². The van der Waals surface area contributed by atoms with E-state index in [4.69, 9.17) is 23.2 Å². The number of rotatable bonds is 3. The molecule has 0 radical (unpaired) electrons. The second-order valence-electron chi connectivity index (χ2n) is 6.48. The summed E-state index contributed by atoms with van der Waals surface area (Å²) in [5, 5.41) is 13.9. The standard InChI is InChI=1S/C18H16Cl2N2O2/c19-11-5-12(20)7-13(6-11)22-17-16-10-3-1-9(2-4-10)15(16)14(8-21-17)18(23)24/h5-10H,1-4H2,(H,21,22)(H,23,24). The lowest BCUT2D eigenvalue weighted by Gasteiger charge is -2.39. The molecule has 1 saturated carbocycles. The molecule has 1 heterocycles. The molecule has 0 unspecified atom stereocenters. The summed E-state index contributed by atoms with van der Waals surface area (Å²) < 4.78 is 0. The zero-order valence-corrected chi connectivity index (χ0v) is 14.4. The first-order chi connectivity index (χ1) is 11.5. The van der Waals surface area contributed by atoms with Gasteiger partial charge in [0.2, 0.25) is 0 Å². The van der Waals surface area contributed by atoms with Crippen molar-refractivity contribution < 1.29 is 9.90 Å². The topological polar surface area (TPSA) is 62.2 Å². The molecule has 0 aliphatic heterocycles. The van der Waals surface area contributed by atoms with E-state index in [9.17, 15) is 9.90 Å². The smallest absolute Gasteiger partial charge is 0.337 e. The quantitative estimate of drug-likeness (QED) is 0.747. The van der Waals surface area contributed by atoms with Gasteiger partial charge >= 0.3 is 5.97 Å². The third kappa shape index (κ3) is 2.64. The van der Waals surface area contributed by atoms with Crippen LogP contribution in [0.3, 0.4) is 0 Å². The Morgan fingerprint density at radius 2 is 1.62 bits per heavy atom. The summed E-state index contributed by atoms with van der Waals surface area (Å²) in [7, 11) is 0. The van der Waals surface area contributed by atoms with Crippen molar-refractivity contribution in [3.05, 3.63) is 51.1 Å². The van der Waals surface area contributed by atoms with Gasteiger partial charge in [-0.2, -0.15) is 0 Å². The summed E-state index contributed by atoms with van der Waals surface area (Å²) in [5.41, 5.74) is 3.13. The Labute approximate surface area is 149 Å². The molecule has 124 valence electrons. The third-order valence-electron chi connectivity index (χ3n) is 5.06. The van der Waals surface area contributed by atoms with Crippen molar-refractivity contribution >= 4 is 40.7 Å². The fourth-order valence-corrected chi connectivity index (χ4v) is 4.62. The second kappa shape index (κ2) is 5.94. The monoisotopic (exact) mass is 362 g/mol. The van der Waals surface area contributed by atoms with E-state index in [1.165, 1.54) is 6.20 Å². The molecule has 0 amide bonds. The van der Waals surface area contributed by atoms with Crippen LogP contribution in [0.15, 0.2) is 24.4 Å². The number of hydrogen-bond acceptors (Lipinski definition) is 3. The molecule has 6 heteroatoms. The fraction of sp³-hybridized carbons (Fsp3) is 0.333. The number of hydrogen-bond donors (Lipinski definition) is 2. The van der Waals surface area contributed by atoms with Crippen molar-refractivity contribution in [3.63, 3.8) is 0 Å². The van der Waals surface area contributed by atoms with E-state index in [2.05, 4.69) is 10.3 Å². The highest BCUT2D eigenvalue weighted by atomic mass is 35.5. The van der Waals surface area contributed by atoms with Crippen LogP contribution in [0, 0.1) is 0 Å². The number of benzene rings is 1. The first-order valence-electron chi connectivity index (χ1n) is 8.02. The average Bonchev–Trinajstić information content (AvgIpc) is 2.54. The molecule has 3 aliphatic carbocycles. The number of pyridine rings is 1. The van der Waals surface area contributed by atoms with Crippen LogP contribution in [0.5, 0.6) is 0 Å². The van der Waals surface area contributed by atoms with Crippen LogP contribution in [0.2, 0.25) is 10.0 Å². The lowest BCUT2D eigenvalue weighted by molar-refractivity contribution is 0.0693. The van der Waals surface area contributed by atoms with E-state index in [-0.39, 0.29) is 0 Å². The number of aromatic nitrogens is 1. The predicted molar refractivity (Wildman–Crippen MR) is 94.9 cm³/mol. The SMILES string of the molecule is O=C(O)c1cnc(Nc2cc(Cl)cc(Cl)c2)c2c1C1CCC2CC1. The fourth-order valence-electron chi connectivity index (χ4n) is 4.10. The van der Waals surface area contributed by atoms with Crippen LogP contribution < -0.4 is 5.32 Å². The molecule has 3 aliphatic rings. The molecule has 0 spiro atoms. The summed E-state index contributed by atoms with van der Waals surface area (Å²) in [6, 6.07) is 5.24. The van der Waals surface area contributed by atoms with Crippen molar-refractivity contribution in [2.45, 2.75) is 37.5 Å². The number of nitrogens with zero attached hydrogens (tertiary/aromatic N) is 1. The summed E-state index contributed by atoms with van der Waals surface area (Å²) >= 11 is 12.1. The first-order valence-corrected chi connectivity index (χ1v) is 8.77. The predicted octanol–water partition coefficient (Wildman–Crippen LogP) is 5.59. The highest BCUT2D eigenvalue weighted by Gasteiger charge is 2.38. The molecule has 4 nitrogen and oxygen atoms in total. The van der Waals surface area contributed by atoms with Crippen LogP contribution >= 0.6 is 23.2 Å². The maximum Gasteiger partial charge on any atom is 0.337 e. The van der Waals surface area contributed by atoms with Gasteiger partial charge in [0.15, 0.2) is 0 Å². The number of carboxylic acid groups (broad SMARTS) is 1. The molecule has 2 N–H and O–H groups in total. The van der Waals surface area contributed by atoms with E-state index in [0.717, 1.165) is 48.3 Å². The van der Waals surface area contributed by atoms with Gasteiger partial charge in [-0.15, -0.1) is 0 Å². The molecule has 5 rings (SSSR count). The maximum atomic E-state index is 11.6. The number of halogens is 2. The van der Waals surface area contributed by atoms with E-state index in [0.29, 0.717) is 27.4 Å². The van der Waals surface area contributed by atoms with Gasteiger partial charge < -0.3 is 10.4 Å². The normalized spacial score (nSPS) is 21.4. The van der Waals surface area contributed by atoms with Gasteiger partial charge in [0.1, 0.15) is 5.82 Å². The molecule has 1 aromatic heterocycles. The van der Waals surface area contributed by atoms with Gasteiger partial charge in [0.25, 0.3) is 0 Å². The molecular formula is C18H16Cl2N2O2. The minimum atomic E-state index is -0.899. The summed E-state index contributed by atoms with van der Waals surface area (Å²) in [6.07, 6.45) is 5.77. The number of carboxylic acids is 1. The van der Waals surface area contributed by atoms with Gasteiger partial charge in [-0.1, -0.05) is 23.2 Å². The van der Waals surface area contributed by atoms with Crippen molar-refractivity contribution in [2.75, 3.05) is 5.32 Å². The summed E-state index contributed by atoms with van der Waals surface area (Å²) in [5.74, 6) is 0.517. The van der Waals surface area contributed by atoms with Gasteiger partial charge in [-0.25, -0.2) is 9.78 Å². The van der Waals surface area contributed by atoms with Crippen molar-refractivity contribution in [1.29, 1.82) is 0 Å². The Kier molecular flexibility index (Phi) is 3.89. The highest BCUT2D eigenvalue weighted by molar-refractivity contribution is 6.35. The third-order valence-corrected chi connectivity index (χ3v) is 5.49. The van der Waals surface area contributed by atoms with Crippen molar-refractivity contribution in [2.24, 2.45) is 0 Å². The number of nitrogens with one attached hydrogen (secondary N) is 1. The van der Waals surface area contributed by atoms with Gasteiger partial charge in [0.05, 0.1) is 5.56 Å². The van der Waals surface area contributed by atoms with Gasteiger partial charge in [0, 0.05) is 27.5 Å². The van der Waals surface area contributed by atoms with Crippen LogP contribution in [-0.4, -0.2) is 16.1 Å². The van der Waals surface area contributed by atoms with E-state index in [1.54, 1.807) is 18.2 Å². The molecule has 24 heavy (non-hydrogen) atoms. The molecule has 0 saturated heterocycles. The zero-order chi connectivity index (χ0) is 16.8. The zero-order valence-electron chi connectivity index (χ0n) is 12.9. The number of aromatic carboxylic acids is 1. The van der Waals surface area contributed by atoms with Crippen molar-refractivity contribution in [3.8, 4) is 0 Å². The largest absolute Gasteiger partial charge is 0.478 e. The van der Waals surface area contributed by atoms with Gasteiger partial charge in [-0.05, 0) is 61.3 Å². The Bertz CT molecular complexity index is 810. The minimum absolute atomic E-state index is 0.322. The van der Waals surface area contributed by atoms with Crippen LogP contribution in [0.1, 0.15) is 59.0 Å². The van der Waals surface area contributed by atoms with E-state index in [1.807, 2.05) is 0 Å². The first kappa shape index (κ1) is 15.7.